The lowest BCUT2D eigenvalue weighted by molar-refractivity contribution is -0.114. The third-order valence-electron chi connectivity index (χ3n) is 1.87. The molecule has 1 aromatic carbocycles. The van der Waals surface area contributed by atoms with Gasteiger partial charge in [0.15, 0.2) is 0 Å². The molecule has 1 rings (SSSR count). The summed E-state index contributed by atoms with van der Waals surface area (Å²) in [5.74, 6) is -0.648. The van der Waals surface area contributed by atoms with E-state index in [1.165, 1.54) is 31.6 Å². The maximum Gasteiger partial charge on any atom is 0.278 e. The average Bonchev–Trinajstić information content (AvgIpc) is 2.27. The Morgan fingerprint density at radius 3 is 2.56 bits per heavy atom. The normalized spacial score (nSPS) is 9.44. The van der Waals surface area contributed by atoms with Gasteiger partial charge in [0.2, 0.25) is 5.91 Å². The summed E-state index contributed by atoms with van der Waals surface area (Å²) in [5, 5.41) is 11.1. The molecule has 0 atom stereocenters. The molecule has 3 N–H and O–H groups in total. The molecule has 0 fully saturated rings. The van der Waals surface area contributed by atoms with E-state index in [-0.39, 0.29) is 11.5 Å². The Bertz CT molecular complexity index is 417. The first-order valence-electron chi connectivity index (χ1n) is 4.48. The van der Waals surface area contributed by atoms with Gasteiger partial charge in [0.25, 0.3) is 5.91 Å². The topological polar surface area (TPSA) is 87.7 Å². The molecular formula is C10H12N2O4. The Balaban J connectivity index is 3.10. The highest BCUT2D eigenvalue weighted by atomic mass is 16.5. The van der Waals surface area contributed by atoms with Crippen molar-refractivity contribution in [3.05, 3.63) is 23.8 Å². The van der Waals surface area contributed by atoms with Crippen molar-refractivity contribution in [3.8, 4) is 5.75 Å². The lowest BCUT2D eigenvalue weighted by Crippen LogP contribution is -2.19. The Morgan fingerprint density at radius 1 is 1.38 bits per heavy atom. The molecule has 0 aliphatic heterocycles. The summed E-state index contributed by atoms with van der Waals surface area (Å²) >= 11 is 0. The van der Waals surface area contributed by atoms with Crippen molar-refractivity contribution in [2.45, 2.75) is 6.92 Å². The Hall–Kier alpha value is -2.08. The molecule has 0 unspecified atom stereocenters. The first-order chi connectivity index (χ1) is 7.58. The molecule has 0 heterocycles. The van der Waals surface area contributed by atoms with E-state index in [9.17, 15) is 9.59 Å². The smallest absolute Gasteiger partial charge is 0.278 e. The Kier molecular flexibility index (Phi) is 3.84. The monoisotopic (exact) mass is 224 g/mol. The number of methoxy groups -OCH3 is 1. The van der Waals surface area contributed by atoms with Crippen LogP contribution in [0.5, 0.6) is 5.75 Å². The number of carbonyl (C=O) groups excluding carboxylic acids is 2. The van der Waals surface area contributed by atoms with Gasteiger partial charge in [-0.25, -0.2) is 5.48 Å². The van der Waals surface area contributed by atoms with Crippen molar-refractivity contribution in [2.75, 3.05) is 12.4 Å². The molecule has 0 saturated carbocycles. The van der Waals surface area contributed by atoms with Gasteiger partial charge in [0.05, 0.1) is 12.7 Å². The van der Waals surface area contributed by atoms with Crippen LogP contribution < -0.4 is 15.5 Å². The second kappa shape index (κ2) is 5.13. The zero-order valence-corrected chi connectivity index (χ0v) is 8.90. The number of hydroxylamine groups is 1. The number of carbonyl (C=O) groups is 2. The number of benzene rings is 1. The maximum absolute atomic E-state index is 11.3. The van der Waals surface area contributed by atoms with E-state index in [2.05, 4.69) is 5.32 Å². The van der Waals surface area contributed by atoms with Crippen LogP contribution in [0.25, 0.3) is 0 Å². The van der Waals surface area contributed by atoms with Crippen molar-refractivity contribution in [2.24, 2.45) is 0 Å². The van der Waals surface area contributed by atoms with Crippen molar-refractivity contribution < 1.29 is 19.5 Å². The van der Waals surface area contributed by atoms with Gasteiger partial charge < -0.3 is 10.1 Å². The van der Waals surface area contributed by atoms with Crippen LogP contribution in [-0.2, 0) is 4.79 Å². The number of rotatable bonds is 3. The minimum atomic E-state index is -0.705. The molecule has 2 amide bonds. The van der Waals surface area contributed by atoms with Gasteiger partial charge in [-0.05, 0) is 18.2 Å². The summed E-state index contributed by atoms with van der Waals surface area (Å²) < 4.78 is 4.94. The van der Waals surface area contributed by atoms with Gasteiger partial charge in [0.1, 0.15) is 5.75 Å². The van der Waals surface area contributed by atoms with E-state index in [1.807, 2.05) is 0 Å². The lowest BCUT2D eigenvalue weighted by Gasteiger charge is -2.09. The average molecular weight is 224 g/mol. The second-order valence-electron chi connectivity index (χ2n) is 3.04. The first-order valence-corrected chi connectivity index (χ1v) is 4.48. The van der Waals surface area contributed by atoms with Gasteiger partial charge in [-0.1, -0.05) is 0 Å². The fourth-order valence-corrected chi connectivity index (χ4v) is 1.23. The molecule has 0 saturated heterocycles. The molecule has 16 heavy (non-hydrogen) atoms. The molecule has 0 radical (unpaired) electrons. The minimum Gasteiger partial charge on any atom is -0.496 e. The quantitative estimate of drug-likeness (QED) is 0.522. The van der Waals surface area contributed by atoms with Crippen LogP contribution >= 0.6 is 0 Å². The van der Waals surface area contributed by atoms with Crippen molar-refractivity contribution in [1.29, 1.82) is 0 Å². The van der Waals surface area contributed by atoms with Crippen LogP contribution in [0, 0.1) is 0 Å². The molecule has 0 spiro atoms. The molecule has 0 aliphatic rings. The molecule has 0 bridgehead atoms. The second-order valence-corrected chi connectivity index (χ2v) is 3.04. The van der Waals surface area contributed by atoms with Gasteiger partial charge in [0, 0.05) is 12.6 Å². The van der Waals surface area contributed by atoms with E-state index >= 15 is 0 Å². The van der Waals surface area contributed by atoms with Crippen LogP contribution in [-0.4, -0.2) is 24.1 Å². The van der Waals surface area contributed by atoms with Crippen LogP contribution in [0.2, 0.25) is 0 Å². The van der Waals surface area contributed by atoms with Crippen LogP contribution in [0.4, 0.5) is 5.69 Å². The summed E-state index contributed by atoms with van der Waals surface area (Å²) in [7, 11) is 1.40. The first kappa shape index (κ1) is 12.0. The summed E-state index contributed by atoms with van der Waals surface area (Å²) in [6.45, 7) is 1.36. The minimum absolute atomic E-state index is 0.135. The molecule has 0 aromatic heterocycles. The van der Waals surface area contributed by atoms with E-state index in [4.69, 9.17) is 9.94 Å². The number of anilines is 1. The largest absolute Gasteiger partial charge is 0.496 e. The maximum atomic E-state index is 11.3. The molecule has 0 aliphatic carbocycles. The lowest BCUT2D eigenvalue weighted by atomic mass is 10.1. The zero-order chi connectivity index (χ0) is 12.1. The Morgan fingerprint density at radius 2 is 2.06 bits per heavy atom. The molecular weight excluding hydrogens is 212 g/mol. The number of hydrogen-bond acceptors (Lipinski definition) is 4. The third-order valence-corrected chi connectivity index (χ3v) is 1.87. The van der Waals surface area contributed by atoms with E-state index in [1.54, 1.807) is 6.07 Å². The number of nitrogens with one attached hydrogen (secondary N) is 2. The summed E-state index contributed by atoms with van der Waals surface area (Å²) in [6, 6.07) is 4.52. The fourth-order valence-electron chi connectivity index (χ4n) is 1.23. The van der Waals surface area contributed by atoms with Crippen molar-refractivity contribution in [1.82, 2.24) is 5.48 Å². The highest BCUT2D eigenvalue weighted by Gasteiger charge is 2.12. The standard InChI is InChI=1S/C10H12N2O4/c1-6(13)11-7-3-4-9(16-2)8(5-7)10(14)12-15/h3-5,15H,1-2H3,(H,11,13)(H,12,14). The highest BCUT2D eigenvalue weighted by molar-refractivity contribution is 5.98. The van der Waals surface area contributed by atoms with Crippen LogP contribution in [0.3, 0.4) is 0 Å². The SMILES string of the molecule is COc1ccc(NC(C)=O)cc1C(=O)NO. The molecule has 6 nitrogen and oxygen atoms in total. The summed E-state index contributed by atoms with van der Waals surface area (Å²) in [4.78, 5) is 22.1. The van der Waals surface area contributed by atoms with E-state index < -0.39 is 5.91 Å². The predicted octanol–water partition coefficient (Wildman–Crippen LogP) is 0.773. The van der Waals surface area contributed by atoms with Gasteiger partial charge in [-0.2, -0.15) is 0 Å². The molecule has 6 heteroatoms. The zero-order valence-electron chi connectivity index (χ0n) is 8.90. The third kappa shape index (κ3) is 2.71. The number of ether oxygens (including phenoxy) is 1. The van der Waals surface area contributed by atoms with Gasteiger partial charge >= 0.3 is 0 Å². The molecule has 1 aromatic rings. The van der Waals surface area contributed by atoms with Gasteiger partial charge in [-0.3, -0.25) is 14.8 Å². The predicted molar refractivity (Wildman–Crippen MR) is 56.6 cm³/mol. The number of hydrogen-bond donors (Lipinski definition) is 3. The number of amides is 2. The van der Waals surface area contributed by atoms with E-state index in [0.717, 1.165) is 0 Å². The Labute approximate surface area is 92.2 Å². The van der Waals surface area contributed by atoms with E-state index in [0.29, 0.717) is 11.4 Å². The fraction of sp³-hybridized carbons (Fsp3) is 0.200. The van der Waals surface area contributed by atoms with Crippen molar-refractivity contribution in [3.63, 3.8) is 0 Å². The van der Waals surface area contributed by atoms with Crippen LogP contribution in [0.1, 0.15) is 17.3 Å². The molecule has 86 valence electrons. The summed E-state index contributed by atoms with van der Waals surface area (Å²) in [5.41, 5.74) is 2.09. The van der Waals surface area contributed by atoms with Crippen LogP contribution in [0.15, 0.2) is 18.2 Å². The summed E-state index contributed by atoms with van der Waals surface area (Å²) in [6.07, 6.45) is 0. The van der Waals surface area contributed by atoms with Crippen molar-refractivity contribution >= 4 is 17.5 Å². The highest BCUT2D eigenvalue weighted by Crippen LogP contribution is 2.22. The van der Waals surface area contributed by atoms with Gasteiger partial charge in [-0.15, -0.1) is 0 Å².